The number of hydrogen-bond donors (Lipinski definition) is 0. The zero-order chi connectivity index (χ0) is 17.2. The van der Waals surface area contributed by atoms with Gasteiger partial charge in [0.15, 0.2) is 10.9 Å². The van der Waals surface area contributed by atoms with E-state index in [4.69, 9.17) is 4.52 Å². The molecule has 1 atom stereocenters. The number of nitrogens with zero attached hydrogens (tertiary/aromatic N) is 4. The lowest BCUT2D eigenvalue weighted by molar-refractivity contribution is 0.299. The van der Waals surface area contributed by atoms with Crippen LogP contribution < -0.4 is 0 Å². The van der Waals surface area contributed by atoms with Crippen molar-refractivity contribution in [3.63, 3.8) is 0 Å². The second-order valence-electron chi connectivity index (χ2n) is 6.29. The molecule has 0 radical (unpaired) electrons. The Morgan fingerprint density at radius 2 is 2.08 bits per heavy atom. The fourth-order valence-electron chi connectivity index (χ4n) is 2.86. The van der Waals surface area contributed by atoms with Crippen molar-refractivity contribution in [2.75, 3.05) is 6.54 Å². The minimum atomic E-state index is -3.69. The quantitative estimate of drug-likeness (QED) is 0.842. The van der Waals surface area contributed by atoms with E-state index in [0.29, 0.717) is 24.7 Å². The number of aromatic nitrogens is 3. The van der Waals surface area contributed by atoms with Crippen molar-refractivity contribution in [3.05, 3.63) is 36.1 Å². The molecule has 2 aromatic rings. The predicted molar refractivity (Wildman–Crippen MR) is 87.7 cm³/mol. The Morgan fingerprint density at radius 1 is 1.25 bits per heavy atom. The highest BCUT2D eigenvalue weighted by molar-refractivity contribution is 7.89. The van der Waals surface area contributed by atoms with E-state index in [1.54, 1.807) is 12.1 Å². The van der Waals surface area contributed by atoms with Gasteiger partial charge < -0.3 is 4.52 Å². The van der Waals surface area contributed by atoms with Gasteiger partial charge in [0.2, 0.25) is 5.89 Å². The topological polar surface area (TPSA) is 89.2 Å². The molecule has 130 valence electrons. The summed E-state index contributed by atoms with van der Waals surface area (Å²) in [7, 11) is -3.69. The molecule has 0 bridgehead atoms. The van der Waals surface area contributed by atoms with Crippen LogP contribution in [0.1, 0.15) is 63.2 Å². The molecule has 7 nitrogen and oxygen atoms in total. The van der Waals surface area contributed by atoms with Gasteiger partial charge in [-0.1, -0.05) is 37.9 Å². The largest absolute Gasteiger partial charge is 0.339 e. The molecular formula is C16H22N4O3S. The summed E-state index contributed by atoms with van der Waals surface area (Å²) in [5.74, 6) is 1.09. The third-order valence-electron chi connectivity index (χ3n) is 4.16. The van der Waals surface area contributed by atoms with Crippen molar-refractivity contribution in [1.82, 2.24) is 19.4 Å². The van der Waals surface area contributed by atoms with Gasteiger partial charge >= 0.3 is 0 Å². The maximum absolute atomic E-state index is 13.0. The summed E-state index contributed by atoms with van der Waals surface area (Å²) < 4.78 is 32.9. The molecule has 2 aromatic heterocycles. The highest BCUT2D eigenvalue weighted by Gasteiger charge is 2.36. The number of sulfonamides is 1. The lowest BCUT2D eigenvalue weighted by Gasteiger charge is -2.26. The van der Waals surface area contributed by atoms with E-state index in [0.717, 1.165) is 19.3 Å². The predicted octanol–water partition coefficient (Wildman–Crippen LogP) is 2.89. The van der Waals surface area contributed by atoms with Gasteiger partial charge in [0.25, 0.3) is 10.0 Å². The van der Waals surface area contributed by atoms with Gasteiger partial charge in [-0.15, -0.1) is 0 Å². The van der Waals surface area contributed by atoms with Crippen LogP contribution in [0.4, 0.5) is 0 Å². The van der Waals surface area contributed by atoms with Crippen LogP contribution in [0.25, 0.3) is 0 Å². The molecular weight excluding hydrogens is 328 g/mol. The molecule has 1 aliphatic heterocycles. The Hall–Kier alpha value is -1.80. The highest BCUT2D eigenvalue weighted by atomic mass is 32.2. The van der Waals surface area contributed by atoms with Crippen molar-refractivity contribution in [1.29, 1.82) is 0 Å². The monoisotopic (exact) mass is 350 g/mol. The average Bonchev–Trinajstić information content (AvgIpc) is 2.93. The van der Waals surface area contributed by atoms with Gasteiger partial charge in [-0.25, -0.2) is 13.4 Å². The van der Waals surface area contributed by atoms with E-state index < -0.39 is 16.1 Å². The van der Waals surface area contributed by atoms with Gasteiger partial charge in [0.1, 0.15) is 0 Å². The Bertz CT molecular complexity index is 774. The minimum Gasteiger partial charge on any atom is -0.339 e. The fourth-order valence-corrected chi connectivity index (χ4v) is 4.45. The molecule has 0 aromatic carbocycles. The molecule has 1 unspecified atom stereocenters. The van der Waals surface area contributed by atoms with Crippen LogP contribution >= 0.6 is 0 Å². The van der Waals surface area contributed by atoms with Gasteiger partial charge in [-0.2, -0.15) is 9.29 Å². The molecule has 0 N–H and O–H groups in total. The first-order valence-corrected chi connectivity index (χ1v) is 9.70. The van der Waals surface area contributed by atoms with Crippen LogP contribution in [0.15, 0.2) is 33.9 Å². The first-order valence-electron chi connectivity index (χ1n) is 8.26. The van der Waals surface area contributed by atoms with E-state index >= 15 is 0 Å². The summed E-state index contributed by atoms with van der Waals surface area (Å²) >= 11 is 0. The Kier molecular flexibility index (Phi) is 4.96. The molecule has 1 saturated heterocycles. The number of pyridine rings is 1. The minimum absolute atomic E-state index is 0.0597. The molecule has 8 heteroatoms. The van der Waals surface area contributed by atoms with E-state index in [1.807, 2.05) is 13.8 Å². The summed E-state index contributed by atoms with van der Waals surface area (Å²) in [6.45, 7) is 4.37. The number of hydrogen-bond acceptors (Lipinski definition) is 6. The van der Waals surface area contributed by atoms with Crippen molar-refractivity contribution in [2.45, 2.75) is 56.5 Å². The van der Waals surface area contributed by atoms with Crippen molar-refractivity contribution in [3.8, 4) is 0 Å². The lowest BCUT2D eigenvalue weighted by atomic mass is 10.1. The zero-order valence-corrected chi connectivity index (χ0v) is 14.7. The third-order valence-corrected chi connectivity index (χ3v) is 5.99. The summed E-state index contributed by atoms with van der Waals surface area (Å²) in [5, 5.41) is 4.11. The Morgan fingerprint density at radius 3 is 2.75 bits per heavy atom. The van der Waals surface area contributed by atoms with Crippen LogP contribution in [0, 0.1) is 0 Å². The van der Waals surface area contributed by atoms with Gasteiger partial charge in [0.05, 0.1) is 6.04 Å². The summed E-state index contributed by atoms with van der Waals surface area (Å²) in [6.07, 6.45) is 4.91. The Balaban J connectivity index is 1.98. The van der Waals surface area contributed by atoms with E-state index in [1.165, 1.54) is 16.6 Å². The van der Waals surface area contributed by atoms with Crippen molar-refractivity contribution < 1.29 is 12.9 Å². The van der Waals surface area contributed by atoms with Crippen LogP contribution in [-0.2, 0) is 10.0 Å². The molecule has 1 fully saturated rings. The fraction of sp³-hybridized carbons (Fsp3) is 0.562. The van der Waals surface area contributed by atoms with Gasteiger partial charge in [0, 0.05) is 18.7 Å². The zero-order valence-electron chi connectivity index (χ0n) is 13.9. The van der Waals surface area contributed by atoms with E-state index in [9.17, 15) is 8.42 Å². The second kappa shape index (κ2) is 6.98. The van der Waals surface area contributed by atoms with E-state index in [2.05, 4.69) is 15.1 Å². The van der Waals surface area contributed by atoms with Crippen LogP contribution in [0.2, 0.25) is 0 Å². The van der Waals surface area contributed by atoms with Crippen LogP contribution in [0.5, 0.6) is 0 Å². The maximum Gasteiger partial charge on any atom is 0.261 e. The van der Waals surface area contributed by atoms with Crippen molar-refractivity contribution in [2.24, 2.45) is 0 Å². The van der Waals surface area contributed by atoms with Crippen LogP contribution in [-0.4, -0.2) is 34.4 Å². The Labute approximate surface area is 142 Å². The average molecular weight is 350 g/mol. The summed E-state index contributed by atoms with van der Waals surface area (Å²) in [6, 6.07) is 4.49. The molecule has 0 spiro atoms. The smallest absolute Gasteiger partial charge is 0.261 e. The number of rotatable bonds is 4. The SMILES string of the molecule is CC(C)c1nc(C2CCCCCN2S(=O)(=O)c2ccccn2)no1. The molecule has 3 heterocycles. The van der Waals surface area contributed by atoms with E-state index in [-0.39, 0.29) is 10.9 Å². The standard InChI is InChI=1S/C16H22N4O3S/c1-12(2)16-18-15(19-23-16)13-8-4-3-7-11-20(13)24(21,22)14-9-5-6-10-17-14/h5-6,9-10,12-13H,3-4,7-8,11H2,1-2H3. The molecule has 0 aliphatic carbocycles. The summed E-state index contributed by atoms with van der Waals surface area (Å²) in [4.78, 5) is 8.45. The summed E-state index contributed by atoms with van der Waals surface area (Å²) in [5.41, 5.74) is 0. The van der Waals surface area contributed by atoms with Gasteiger partial charge in [-0.05, 0) is 25.0 Å². The molecule has 0 saturated carbocycles. The highest BCUT2D eigenvalue weighted by Crippen LogP contribution is 2.33. The molecule has 3 rings (SSSR count). The second-order valence-corrected chi connectivity index (χ2v) is 8.13. The normalized spacial score (nSPS) is 20.2. The van der Waals surface area contributed by atoms with Gasteiger partial charge in [-0.3, -0.25) is 0 Å². The maximum atomic E-state index is 13.0. The third kappa shape index (κ3) is 3.34. The first kappa shape index (κ1) is 17.0. The van der Waals surface area contributed by atoms with Crippen LogP contribution in [0.3, 0.4) is 0 Å². The molecule has 24 heavy (non-hydrogen) atoms. The molecule has 0 amide bonds. The lowest BCUT2D eigenvalue weighted by Crippen LogP contribution is -2.35. The van der Waals surface area contributed by atoms with Crippen molar-refractivity contribution >= 4 is 10.0 Å². The molecule has 1 aliphatic rings. The first-order chi connectivity index (χ1) is 11.5.